The monoisotopic (exact) mass is 688 g/mol. The SMILES string of the molecule is O=C(CSc1ncccn1)NC(Cc1ccc(C(F)(F)C(=O)O)cc1)C(=O)NC(Cc1ccc(C(F)(F)P(=O)(O)O)cc1)C(=O)O. The summed E-state index contributed by atoms with van der Waals surface area (Å²) < 4.78 is 66.8. The molecule has 1 aromatic heterocycles. The molecule has 0 bridgehead atoms. The van der Waals surface area contributed by atoms with Gasteiger partial charge in [-0.15, -0.1) is 0 Å². The average Bonchev–Trinajstić information content (AvgIpc) is 2.99. The van der Waals surface area contributed by atoms with Crippen molar-refractivity contribution in [1.82, 2.24) is 20.6 Å². The number of benzene rings is 2. The van der Waals surface area contributed by atoms with E-state index in [0.717, 1.165) is 48.2 Å². The lowest BCUT2D eigenvalue weighted by molar-refractivity contribution is -0.166. The van der Waals surface area contributed by atoms with Crippen molar-refractivity contribution in [2.75, 3.05) is 5.75 Å². The zero-order valence-electron chi connectivity index (χ0n) is 23.2. The summed E-state index contributed by atoms with van der Waals surface area (Å²) in [5.41, 5.74) is -6.08. The van der Waals surface area contributed by atoms with Crippen LogP contribution in [-0.2, 0) is 48.2 Å². The van der Waals surface area contributed by atoms with Gasteiger partial charge in [-0.1, -0.05) is 60.3 Å². The third kappa shape index (κ3) is 9.32. The molecule has 13 nitrogen and oxygen atoms in total. The topological polar surface area (TPSA) is 216 Å². The summed E-state index contributed by atoms with van der Waals surface area (Å²) in [6, 6.07) is 5.65. The van der Waals surface area contributed by atoms with Gasteiger partial charge in [0.2, 0.25) is 11.8 Å². The summed E-state index contributed by atoms with van der Waals surface area (Å²) in [5, 5.41) is 23.4. The molecule has 2 atom stereocenters. The maximum atomic E-state index is 14.0. The molecule has 0 saturated heterocycles. The highest BCUT2D eigenvalue weighted by Crippen LogP contribution is 2.59. The first kappa shape index (κ1) is 36.1. The van der Waals surface area contributed by atoms with Crippen LogP contribution < -0.4 is 10.6 Å². The molecule has 246 valence electrons. The summed E-state index contributed by atoms with van der Waals surface area (Å²) in [6.07, 6.45) is 2.05. The molecule has 2 amide bonds. The third-order valence-corrected chi connectivity index (χ3v) is 8.14. The van der Waals surface area contributed by atoms with Gasteiger partial charge in [0.05, 0.1) is 5.75 Å². The van der Waals surface area contributed by atoms with E-state index in [2.05, 4.69) is 20.6 Å². The first-order valence-corrected chi connectivity index (χ1v) is 15.5. The number of nitrogens with zero attached hydrogens (tertiary/aromatic N) is 2. The van der Waals surface area contributed by atoms with Crippen molar-refractivity contribution in [2.45, 2.75) is 41.7 Å². The van der Waals surface area contributed by atoms with Crippen molar-refractivity contribution < 1.29 is 61.3 Å². The fourth-order valence-electron chi connectivity index (χ4n) is 3.86. The Balaban J connectivity index is 1.79. The molecule has 46 heavy (non-hydrogen) atoms. The molecule has 0 aliphatic heterocycles. The van der Waals surface area contributed by atoms with Crippen molar-refractivity contribution in [3.8, 4) is 0 Å². The molecule has 1 heterocycles. The number of aliphatic carboxylic acids is 2. The number of carboxylic acid groups (broad SMARTS) is 2. The second-order valence-corrected chi connectivity index (χ2v) is 12.2. The molecule has 0 aliphatic rings. The van der Waals surface area contributed by atoms with Crippen molar-refractivity contribution in [2.24, 2.45) is 0 Å². The number of hydrogen-bond acceptors (Lipinski definition) is 8. The molecule has 0 spiro atoms. The Hall–Kier alpha value is -4.38. The Morgan fingerprint density at radius 2 is 1.30 bits per heavy atom. The van der Waals surface area contributed by atoms with Crippen LogP contribution in [0.3, 0.4) is 0 Å². The van der Waals surface area contributed by atoms with Gasteiger partial charge in [-0.3, -0.25) is 14.2 Å². The second-order valence-electron chi connectivity index (χ2n) is 9.61. The van der Waals surface area contributed by atoms with Crippen LogP contribution in [0.5, 0.6) is 0 Å². The second kappa shape index (κ2) is 14.8. The van der Waals surface area contributed by atoms with E-state index < -0.39 is 72.6 Å². The van der Waals surface area contributed by atoms with E-state index in [-0.39, 0.29) is 28.5 Å². The molecule has 0 aliphatic carbocycles. The van der Waals surface area contributed by atoms with E-state index in [9.17, 15) is 46.4 Å². The van der Waals surface area contributed by atoms with Crippen LogP contribution in [0.25, 0.3) is 0 Å². The van der Waals surface area contributed by atoms with Gasteiger partial charge in [0, 0.05) is 36.4 Å². The predicted octanol–water partition coefficient (Wildman–Crippen LogP) is 2.51. The first-order valence-electron chi connectivity index (χ1n) is 12.9. The molecule has 6 N–H and O–H groups in total. The summed E-state index contributed by atoms with van der Waals surface area (Å²) in [5.74, 6) is -10.1. The van der Waals surface area contributed by atoms with Crippen LogP contribution in [0.15, 0.2) is 72.1 Å². The lowest BCUT2D eigenvalue weighted by Crippen LogP contribution is -2.53. The first-order chi connectivity index (χ1) is 21.4. The van der Waals surface area contributed by atoms with E-state index in [4.69, 9.17) is 14.9 Å². The van der Waals surface area contributed by atoms with Crippen LogP contribution in [0.2, 0.25) is 0 Å². The zero-order chi connectivity index (χ0) is 34.3. The van der Waals surface area contributed by atoms with E-state index >= 15 is 0 Å². The van der Waals surface area contributed by atoms with E-state index in [0.29, 0.717) is 12.1 Å². The number of amides is 2. The number of carbonyl (C=O) groups excluding carboxylic acids is 2. The third-order valence-electron chi connectivity index (χ3n) is 6.27. The minimum absolute atomic E-state index is 0.0905. The maximum Gasteiger partial charge on any atom is 0.399 e. The molecular weight excluding hydrogens is 663 g/mol. The quantitative estimate of drug-likeness (QED) is 0.0588. The number of carboxylic acids is 2. The molecule has 2 aromatic carbocycles. The van der Waals surface area contributed by atoms with Gasteiger partial charge in [-0.2, -0.15) is 17.6 Å². The number of carbonyl (C=O) groups is 4. The Labute approximate surface area is 261 Å². The number of nitrogens with one attached hydrogen (secondary N) is 2. The molecule has 0 saturated carbocycles. The zero-order valence-corrected chi connectivity index (χ0v) is 24.9. The van der Waals surface area contributed by atoms with Crippen LogP contribution >= 0.6 is 19.4 Å². The number of alkyl halides is 4. The Morgan fingerprint density at radius 3 is 1.78 bits per heavy atom. The Bertz CT molecular complexity index is 1610. The molecule has 2 unspecified atom stereocenters. The maximum absolute atomic E-state index is 14.0. The number of rotatable bonds is 15. The van der Waals surface area contributed by atoms with E-state index in [1.165, 1.54) is 12.4 Å². The highest BCUT2D eigenvalue weighted by molar-refractivity contribution is 7.99. The lowest BCUT2D eigenvalue weighted by Gasteiger charge is -2.22. The van der Waals surface area contributed by atoms with Gasteiger partial charge in [0.1, 0.15) is 12.1 Å². The van der Waals surface area contributed by atoms with E-state index in [1.807, 2.05) is 0 Å². The van der Waals surface area contributed by atoms with Gasteiger partial charge in [-0.05, 0) is 17.2 Å². The normalized spacial score (nSPS) is 13.3. The molecule has 19 heteroatoms. The summed E-state index contributed by atoms with van der Waals surface area (Å²) in [4.78, 5) is 74.6. The highest BCUT2D eigenvalue weighted by Gasteiger charge is 2.50. The van der Waals surface area contributed by atoms with Crippen molar-refractivity contribution in [3.05, 3.63) is 89.2 Å². The minimum atomic E-state index is -5.85. The van der Waals surface area contributed by atoms with Gasteiger partial charge in [0.25, 0.3) is 0 Å². The average molecular weight is 689 g/mol. The van der Waals surface area contributed by atoms with Crippen LogP contribution in [0.4, 0.5) is 17.6 Å². The molecule has 3 aromatic rings. The van der Waals surface area contributed by atoms with Crippen LogP contribution in [-0.4, -0.2) is 71.6 Å². The van der Waals surface area contributed by atoms with Gasteiger partial charge >= 0.3 is 31.1 Å². The van der Waals surface area contributed by atoms with Gasteiger partial charge in [-0.25, -0.2) is 19.6 Å². The number of halogens is 4. The smallest absolute Gasteiger partial charge is 0.399 e. The summed E-state index contributed by atoms with van der Waals surface area (Å²) in [6.45, 7) is 0. The molecule has 0 radical (unpaired) electrons. The number of aromatic nitrogens is 2. The largest absolute Gasteiger partial charge is 0.480 e. The van der Waals surface area contributed by atoms with Crippen molar-refractivity contribution >= 4 is 43.1 Å². The summed E-state index contributed by atoms with van der Waals surface area (Å²) in [7, 11) is -5.85. The number of hydrogen-bond donors (Lipinski definition) is 6. The van der Waals surface area contributed by atoms with Gasteiger partial charge in [0.15, 0.2) is 5.16 Å². The lowest BCUT2D eigenvalue weighted by atomic mass is 10.00. The molecular formula is C27H25F4N4O9PS. The molecule has 3 rings (SSSR count). The standard InChI is InChI=1S/C27H25F4N4O9PS/c28-26(29,24(40)41)17-6-2-15(3-7-17)12-19(34-21(36)14-46-25-32-10-1-11-33-25)22(37)35-20(23(38)39)13-16-4-8-18(9-5-16)27(30,31)45(42,43)44/h1-11,19-20H,12-14H2,(H,34,36)(H,35,37)(H,38,39)(H,40,41)(H2,42,43,44). The Morgan fingerprint density at radius 1 is 0.804 bits per heavy atom. The number of thioether (sulfide) groups is 1. The van der Waals surface area contributed by atoms with Crippen molar-refractivity contribution in [3.63, 3.8) is 0 Å². The van der Waals surface area contributed by atoms with Crippen LogP contribution in [0, 0.1) is 0 Å². The minimum Gasteiger partial charge on any atom is -0.480 e. The Kier molecular flexibility index (Phi) is 11.6. The van der Waals surface area contributed by atoms with Gasteiger partial charge < -0.3 is 30.6 Å². The van der Waals surface area contributed by atoms with Crippen LogP contribution in [0.1, 0.15) is 22.3 Å². The van der Waals surface area contributed by atoms with Crippen molar-refractivity contribution in [1.29, 1.82) is 0 Å². The summed E-state index contributed by atoms with van der Waals surface area (Å²) >= 11 is 0.919. The fourth-order valence-corrected chi connectivity index (χ4v) is 4.96. The highest BCUT2D eigenvalue weighted by atomic mass is 32.2. The predicted molar refractivity (Wildman–Crippen MR) is 152 cm³/mol. The fraction of sp³-hybridized carbons (Fsp3) is 0.259. The molecule has 0 fully saturated rings. The van der Waals surface area contributed by atoms with E-state index in [1.54, 1.807) is 6.07 Å².